The van der Waals surface area contributed by atoms with Gasteiger partial charge in [0.2, 0.25) is 6.10 Å². The number of hydrogen-bond donors (Lipinski definition) is 0. The monoisotopic (exact) mass is 401 g/mol. The van der Waals surface area contributed by atoms with Crippen molar-refractivity contribution in [3.05, 3.63) is 71.3 Å². The van der Waals surface area contributed by atoms with Crippen molar-refractivity contribution in [2.75, 3.05) is 19.3 Å². The van der Waals surface area contributed by atoms with E-state index >= 15 is 0 Å². The summed E-state index contributed by atoms with van der Waals surface area (Å²) in [6.07, 6.45) is 2.05. The Bertz CT molecular complexity index is 933. The van der Waals surface area contributed by atoms with Crippen molar-refractivity contribution in [1.29, 1.82) is 0 Å². The Hall–Kier alpha value is -2.67. The fourth-order valence-corrected chi connectivity index (χ4v) is 4.01. The highest BCUT2D eigenvalue weighted by Gasteiger charge is 2.31. The van der Waals surface area contributed by atoms with Gasteiger partial charge in [-0.15, -0.1) is 0 Å². The van der Waals surface area contributed by atoms with Crippen LogP contribution in [0.3, 0.4) is 0 Å². The molecule has 1 heterocycles. The first kappa shape index (κ1) is 20.1. The fourth-order valence-electron chi connectivity index (χ4n) is 3.21. The number of likely N-dealkylation sites (tertiary alicyclic amines) is 1. The molecule has 0 N–H and O–H groups in total. The van der Waals surface area contributed by atoms with Crippen LogP contribution in [0.1, 0.15) is 40.4 Å². The third-order valence-electron chi connectivity index (χ3n) is 4.59. The molecule has 0 spiro atoms. The Morgan fingerprint density at radius 3 is 2.18 bits per heavy atom. The minimum Gasteiger partial charge on any atom is -0.444 e. The van der Waals surface area contributed by atoms with Crippen molar-refractivity contribution in [3.63, 3.8) is 0 Å². The molecule has 0 unspecified atom stereocenters. The van der Waals surface area contributed by atoms with E-state index in [0.29, 0.717) is 24.2 Å². The van der Waals surface area contributed by atoms with Gasteiger partial charge in [-0.05, 0) is 30.5 Å². The van der Waals surface area contributed by atoms with E-state index in [1.54, 1.807) is 41.3 Å². The molecule has 6 nitrogen and oxygen atoms in total. The second-order valence-corrected chi connectivity index (χ2v) is 9.14. The number of carbonyl (C=O) groups excluding carboxylic acids is 2. The SMILES string of the molecule is CS(=O)(=O)Cc1ccc(C(=O)O[C@@H](C(=O)N2CCCC2)c2ccccc2)cc1. The lowest BCUT2D eigenvalue weighted by Crippen LogP contribution is -2.34. The largest absolute Gasteiger partial charge is 0.444 e. The maximum Gasteiger partial charge on any atom is 0.339 e. The molecule has 1 atom stereocenters. The number of nitrogens with zero attached hydrogens (tertiary/aromatic N) is 1. The summed E-state index contributed by atoms with van der Waals surface area (Å²) in [4.78, 5) is 27.3. The Labute approximate surface area is 165 Å². The molecule has 0 saturated carbocycles. The number of hydrogen-bond acceptors (Lipinski definition) is 5. The van der Waals surface area contributed by atoms with Gasteiger partial charge in [0.1, 0.15) is 0 Å². The van der Waals surface area contributed by atoms with Crippen LogP contribution >= 0.6 is 0 Å². The zero-order chi connectivity index (χ0) is 20.1. The zero-order valence-electron chi connectivity index (χ0n) is 15.7. The van der Waals surface area contributed by atoms with E-state index in [9.17, 15) is 18.0 Å². The van der Waals surface area contributed by atoms with Gasteiger partial charge in [-0.1, -0.05) is 42.5 Å². The average Bonchev–Trinajstić information content (AvgIpc) is 3.20. The second-order valence-electron chi connectivity index (χ2n) is 7.00. The van der Waals surface area contributed by atoms with Crippen LogP contribution < -0.4 is 0 Å². The van der Waals surface area contributed by atoms with E-state index in [1.165, 1.54) is 12.1 Å². The molecule has 0 aromatic heterocycles. The van der Waals surface area contributed by atoms with Crippen LogP contribution in [0, 0.1) is 0 Å². The van der Waals surface area contributed by atoms with Crippen LogP contribution in [0.4, 0.5) is 0 Å². The first-order valence-corrected chi connectivity index (χ1v) is 11.2. The molecule has 28 heavy (non-hydrogen) atoms. The molecule has 2 aromatic rings. The first-order chi connectivity index (χ1) is 13.3. The smallest absolute Gasteiger partial charge is 0.339 e. The maximum absolute atomic E-state index is 12.9. The zero-order valence-corrected chi connectivity index (χ0v) is 16.5. The van der Waals surface area contributed by atoms with E-state index in [4.69, 9.17) is 4.74 Å². The molecule has 2 aromatic carbocycles. The molecule has 3 rings (SSSR count). The Balaban J connectivity index is 1.78. The third-order valence-corrected chi connectivity index (χ3v) is 5.45. The summed E-state index contributed by atoms with van der Waals surface area (Å²) in [6.45, 7) is 1.33. The van der Waals surface area contributed by atoms with Gasteiger partial charge in [0.15, 0.2) is 9.84 Å². The van der Waals surface area contributed by atoms with Crippen molar-refractivity contribution in [3.8, 4) is 0 Å². The molecule has 0 radical (unpaired) electrons. The lowest BCUT2D eigenvalue weighted by atomic mass is 10.1. The van der Waals surface area contributed by atoms with Gasteiger partial charge in [-0.25, -0.2) is 13.2 Å². The van der Waals surface area contributed by atoms with Crippen molar-refractivity contribution in [1.82, 2.24) is 4.90 Å². The molecule has 7 heteroatoms. The molecule has 1 saturated heterocycles. The molecule has 1 aliphatic rings. The Morgan fingerprint density at radius 1 is 1.00 bits per heavy atom. The fraction of sp³-hybridized carbons (Fsp3) is 0.333. The molecule has 1 aliphatic heterocycles. The van der Waals surface area contributed by atoms with E-state index < -0.39 is 21.9 Å². The Morgan fingerprint density at radius 2 is 1.61 bits per heavy atom. The van der Waals surface area contributed by atoms with Gasteiger partial charge < -0.3 is 9.64 Å². The van der Waals surface area contributed by atoms with Crippen LogP contribution in [0.15, 0.2) is 54.6 Å². The lowest BCUT2D eigenvalue weighted by Gasteiger charge is -2.23. The molecule has 148 valence electrons. The predicted octanol–water partition coefficient (Wildman–Crippen LogP) is 2.75. The molecule has 0 aliphatic carbocycles. The molecule has 1 fully saturated rings. The minimum absolute atomic E-state index is 0.0948. The van der Waals surface area contributed by atoms with Gasteiger partial charge in [-0.2, -0.15) is 0 Å². The van der Waals surface area contributed by atoms with Crippen LogP contribution in [-0.4, -0.2) is 44.5 Å². The van der Waals surface area contributed by atoms with Crippen molar-refractivity contribution >= 4 is 21.7 Å². The van der Waals surface area contributed by atoms with E-state index in [2.05, 4.69) is 0 Å². The quantitative estimate of drug-likeness (QED) is 0.696. The first-order valence-electron chi connectivity index (χ1n) is 9.15. The highest BCUT2D eigenvalue weighted by Crippen LogP contribution is 2.24. The Kier molecular flexibility index (Phi) is 6.14. The number of ether oxygens (including phenoxy) is 1. The number of rotatable bonds is 6. The highest BCUT2D eigenvalue weighted by atomic mass is 32.2. The van der Waals surface area contributed by atoms with E-state index in [0.717, 1.165) is 19.1 Å². The van der Waals surface area contributed by atoms with Gasteiger partial charge in [0.25, 0.3) is 5.91 Å². The average molecular weight is 401 g/mol. The topological polar surface area (TPSA) is 80.7 Å². The summed E-state index contributed by atoms with van der Waals surface area (Å²) in [7, 11) is -3.15. The summed E-state index contributed by atoms with van der Waals surface area (Å²) in [5, 5.41) is 0. The number of amides is 1. The number of sulfone groups is 1. The van der Waals surface area contributed by atoms with Crippen molar-refractivity contribution < 1.29 is 22.7 Å². The minimum atomic E-state index is -3.15. The van der Waals surface area contributed by atoms with E-state index in [-0.39, 0.29) is 17.2 Å². The summed E-state index contributed by atoms with van der Waals surface area (Å²) in [5.41, 5.74) is 1.49. The van der Waals surface area contributed by atoms with Gasteiger partial charge in [0.05, 0.1) is 11.3 Å². The number of benzene rings is 2. The highest BCUT2D eigenvalue weighted by molar-refractivity contribution is 7.89. The van der Waals surface area contributed by atoms with Crippen LogP contribution in [-0.2, 0) is 25.1 Å². The van der Waals surface area contributed by atoms with Crippen molar-refractivity contribution in [2.45, 2.75) is 24.7 Å². The van der Waals surface area contributed by atoms with Gasteiger partial charge >= 0.3 is 5.97 Å². The molecule has 1 amide bonds. The van der Waals surface area contributed by atoms with Gasteiger partial charge in [-0.3, -0.25) is 4.79 Å². The summed E-state index contributed by atoms with van der Waals surface area (Å²) < 4.78 is 28.4. The lowest BCUT2D eigenvalue weighted by molar-refractivity contribution is -0.140. The van der Waals surface area contributed by atoms with Gasteiger partial charge in [0, 0.05) is 24.9 Å². The van der Waals surface area contributed by atoms with Crippen LogP contribution in [0.5, 0.6) is 0 Å². The second kappa shape index (κ2) is 8.56. The molecular weight excluding hydrogens is 378 g/mol. The normalized spacial score (nSPS) is 15.2. The summed E-state index contributed by atoms with van der Waals surface area (Å²) in [6, 6.07) is 15.2. The third kappa shape index (κ3) is 5.19. The standard InChI is InChI=1S/C21H23NO5S/c1-28(25,26)15-16-9-11-18(12-10-16)21(24)27-19(17-7-3-2-4-8-17)20(23)22-13-5-6-14-22/h2-4,7-12,19H,5-6,13-15H2,1H3/t19-/m1/s1. The number of carbonyl (C=O) groups is 2. The summed E-state index contributed by atoms with van der Waals surface area (Å²) >= 11 is 0. The molecule has 0 bridgehead atoms. The van der Waals surface area contributed by atoms with Crippen LogP contribution in [0.2, 0.25) is 0 Å². The van der Waals surface area contributed by atoms with Crippen LogP contribution in [0.25, 0.3) is 0 Å². The molecular formula is C21H23NO5S. The predicted molar refractivity (Wildman–Crippen MR) is 105 cm³/mol. The van der Waals surface area contributed by atoms with Crippen molar-refractivity contribution in [2.24, 2.45) is 0 Å². The maximum atomic E-state index is 12.9. The number of esters is 1. The summed E-state index contributed by atoms with van der Waals surface area (Å²) in [5.74, 6) is -0.930. The van der Waals surface area contributed by atoms with E-state index in [1.807, 2.05) is 6.07 Å².